The third kappa shape index (κ3) is 1.91. The molecule has 1 atom stereocenters. The predicted molar refractivity (Wildman–Crippen MR) is 47.1 cm³/mol. The summed E-state index contributed by atoms with van der Waals surface area (Å²) in [6.07, 6.45) is 3.70. The number of hydrogen-bond donors (Lipinski definition) is 1. The van der Waals surface area contributed by atoms with E-state index in [1.807, 2.05) is 0 Å². The fourth-order valence-electron chi connectivity index (χ4n) is 1.16. The van der Waals surface area contributed by atoms with E-state index in [0.717, 1.165) is 6.20 Å². The van der Waals surface area contributed by atoms with Crippen LogP contribution in [0.5, 0.6) is 0 Å². The Balaban J connectivity index is 3.17. The SMILES string of the molecule is CC1=CC=CN([N+](=O)[O-])[C@@H]1S(=O)(=O)O. The molecule has 1 rings (SSSR count). The molecule has 1 N–H and O–H groups in total. The molecule has 0 bridgehead atoms. The number of allylic oxidation sites excluding steroid dienone is 2. The van der Waals surface area contributed by atoms with Gasteiger partial charge in [0.25, 0.3) is 10.1 Å². The molecule has 0 unspecified atom stereocenters. The minimum absolute atomic E-state index is 0.187. The molecule has 1 aliphatic heterocycles. The summed E-state index contributed by atoms with van der Waals surface area (Å²) in [6, 6.07) is 0. The van der Waals surface area contributed by atoms with Gasteiger partial charge >= 0.3 is 0 Å². The molecule has 1 heterocycles. The first-order chi connectivity index (χ1) is 6.34. The van der Waals surface area contributed by atoms with Crippen LogP contribution in [0, 0.1) is 10.1 Å². The van der Waals surface area contributed by atoms with E-state index >= 15 is 0 Å². The molecule has 7 nitrogen and oxygen atoms in total. The Morgan fingerprint density at radius 2 is 2.21 bits per heavy atom. The van der Waals surface area contributed by atoms with E-state index in [1.54, 1.807) is 0 Å². The van der Waals surface area contributed by atoms with Gasteiger partial charge in [-0.25, -0.2) is 10.1 Å². The van der Waals surface area contributed by atoms with Crippen LogP contribution in [0.1, 0.15) is 6.92 Å². The molecule has 78 valence electrons. The van der Waals surface area contributed by atoms with E-state index in [1.165, 1.54) is 19.1 Å². The van der Waals surface area contributed by atoms with Crippen molar-refractivity contribution >= 4 is 10.1 Å². The molecule has 0 aromatic heterocycles. The normalized spacial score (nSPS) is 22.0. The smallest absolute Gasteiger partial charge is 0.284 e. The summed E-state index contributed by atoms with van der Waals surface area (Å²) < 4.78 is 30.5. The number of rotatable bonds is 2. The quantitative estimate of drug-likeness (QED) is 0.404. The average Bonchev–Trinajstić information content (AvgIpc) is 2.01. The molecule has 0 saturated carbocycles. The molecular formula is C6H8N2O5S. The third-order valence-corrected chi connectivity index (χ3v) is 2.85. The summed E-state index contributed by atoms with van der Waals surface area (Å²) in [6.45, 7) is 1.39. The van der Waals surface area contributed by atoms with Crippen LogP contribution < -0.4 is 0 Å². The highest BCUT2D eigenvalue weighted by Gasteiger charge is 2.38. The lowest BCUT2D eigenvalue weighted by Gasteiger charge is -2.21. The van der Waals surface area contributed by atoms with Crippen molar-refractivity contribution in [1.29, 1.82) is 0 Å². The first-order valence-corrected chi connectivity index (χ1v) is 5.08. The Hall–Kier alpha value is -1.41. The lowest BCUT2D eigenvalue weighted by atomic mass is 10.2. The van der Waals surface area contributed by atoms with Gasteiger partial charge in [-0.05, 0) is 18.6 Å². The van der Waals surface area contributed by atoms with Crippen molar-refractivity contribution < 1.29 is 18.0 Å². The van der Waals surface area contributed by atoms with Gasteiger partial charge < -0.3 is 0 Å². The Labute approximate surface area is 80.2 Å². The summed E-state index contributed by atoms with van der Waals surface area (Å²) in [5.41, 5.74) is 0.187. The van der Waals surface area contributed by atoms with Gasteiger partial charge in [-0.1, -0.05) is 11.1 Å². The van der Waals surface area contributed by atoms with Gasteiger partial charge in [0.05, 0.1) is 6.20 Å². The summed E-state index contributed by atoms with van der Waals surface area (Å²) >= 11 is 0. The van der Waals surface area contributed by atoms with Crippen LogP contribution in [0.2, 0.25) is 0 Å². The van der Waals surface area contributed by atoms with E-state index in [-0.39, 0.29) is 5.57 Å². The highest BCUT2D eigenvalue weighted by Crippen LogP contribution is 2.20. The third-order valence-electron chi connectivity index (χ3n) is 1.70. The van der Waals surface area contributed by atoms with E-state index in [0.29, 0.717) is 5.01 Å². The molecule has 8 heteroatoms. The van der Waals surface area contributed by atoms with Crippen molar-refractivity contribution in [3.05, 3.63) is 34.0 Å². The highest BCUT2D eigenvalue weighted by atomic mass is 32.2. The van der Waals surface area contributed by atoms with Crippen molar-refractivity contribution in [2.24, 2.45) is 0 Å². The van der Waals surface area contributed by atoms with Crippen LogP contribution in [-0.4, -0.2) is 28.4 Å². The molecule has 0 saturated heterocycles. The Kier molecular flexibility index (Phi) is 2.58. The monoisotopic (exact) mass is 220 g/mol. The molecule has 0 aromatic rings. The molecule has 14 heavy (non-hydrogen) atoms. The van der Waals surface area contributed by atoms with Gasteiger partial charge in [0.2, 0.25) is 5.37 Å². The fraction of sp³-hybridized carbons (Fsp3) is 0.333. The number of hydrazine groups is 1. The minimum Gasteiger partial charge on any atom is -0.284 e. The van der Waals surface area contributed by atoms with Crippen LogP contribution in [0.15, 0.2) is 23.9 Å². The molecule has 0 aliphatic carbocycles. The number of nitro groups is 1. The lowest BCUT2D eigenvalue weighted by molar-refractivity contribution is -0.641. The van der Waals surface area contributed by atoms with Gasteiger partial charge in [-0.2, -0.15) is 8.42 Å². The Bertz CT molecular complexity index is 410. The van der Waals surface area contributed by atoms with Crippen LogP contribution in [0.3, 0.4) is 0 Å². The van der Waals surface area contributed by atoms with Crippen molar-refractivity contribution in [2.45, 2.75) is 12.3 Å². The van der Waals surface area contributed by atoms with Crippen LogP contribution in [0.4, 0.5) is 0 Å². The van der Waals surface area contributed by atoms with Gasteiger partial charge in [0.15, 0.2) is 5.03 Å². The second kappa shape index (κ2) is 3.39. The highest BCUT2D eigenvalue weighted by molar-refractivity contribution is 7.86. The summed E-state index contributed by atoms with van der Waals surface area (Å²) in [7, 11) is -4.50. The maximum absolute atomic E-state index is 10.8. The zero-order valence-electron chi connectivity index (χ0n) is 7.19. The largest absolute Gasteiger partial charge is 0.296 e. The minimum atomic E-state index is -4.50. The Morgan fingerprint density at radius 1 is 1.64 bits per heavy atom. The van der Waals surface area contributed by atoms with Crippen molar-refractivity contribution in [3.63, 3.8) is 0 Å². The van der Waals surface area contributed by atoms with Gasteiger partial charge in [0.1, 0.15) is 0 Å². The topological polar surface area (TPSA) is 101 Å². The molecule has 0 aromatic carbocycles. The van der Waals surface area contributed by atoms with Crippen molar-refractivity contribution in [1.82, 2.24) is 5.01 Å². The standard InChI is InChI=1S/C6H8N2O5S/c1-5-3-2-4-7(8(9)10)6(5)14(11,12)13/h2-4,6H,1H3,(H,11,12,13)/t6-/m1/s1. The maximum atomic E-state index is 10.8. The van der Waals surface area contributed by atoms with Crippen LogP contribution in [0.25, 0.3) is 0 Å². The molecule has 0 amide bonds. The van der Waals surface area contributed by atoms with E-state index in [2.05, 4.69) is 0 Å². The molecule has 0 spiro atoms. The predicted octanol–water partition coefficient (Wildman–Crippen LogP) is 0.168. The summed E-state index contributed by atoms with van der Waals surface area (Å²) in [5, 5.41) is 8.24. The summed E-state index contributed by atoms with van der Waals surface area (Å²) in [4.78, 5) is 10.4. The molecular weight excluding hydrogens is 212 g/mol. The number of nitrogens with zero attached hydrogens (tertiary/aromatic N) is 2. The lowest BCUT2D eigenvalue weighted by Crippen LogP contribution is -2.42. The van der Waals surface area contributed by atoms with Crippen LogP contribution in [-0.2, 0) is 10.1 Å². The van der Waals surface area contributed by atoms with Crippen molar-refractivity contribution in [3.8, 4) is 0 Å². The van der Waals surface area contributed by atoms with E-state index in [9.17, 15) is 18.5 Å². The first kappa shape index (κ1) is 10.7. The second-order valence-corrected chi connectivity index (χ2v) is 4.21. The van der Waals surface area contributed by atoms with Gasteiger partial charge in [-0.3, -0.25) is 4.55 Å². The van der Waals surface area contributed by atoms with E-state index in [4.69, 9.17) is 4.55 Å². The molecule has 0 fully saturated rings. The van der Waals surface area contributed by atoms with Crippen molar-refractivity contribution in [2.75, 3.05) is 0 Å². The zero-order valence-corrected chi connectivity index (χ0v) is 8.01. The second-order valence-electron chi connectivity index (χ2n) is 2.74. The zero-order chi connectivity index (χ0) is 10.9. The molecule has 0 radical (unpaired) electrons. The Morgan fingerprint density at radius 3 is 2.57 bits per heavy atom. The van der Waals surface area contributed by atoms with Crippen LogP contribution >= 0.6 is 0 Å². The van der Waals surface area contributed by atoms with E-state index < -0.39 is 20.5 Å². The van der Waals surface area contributed by atoms with Gasteiger partial charge in [0, 0.05) is 0 Å². The number of hydrogen-bond acceptors (Lipinski definition) is 4. The fourth-order valence-corrected chi connectivity index (χ4v) is 2.13. The van der Waals surface area contributed by atoms with Gasteiger partial charge in [-0.15, -0.1) is 0 Å². The maximum Gasteiger partial charge on any atom is 0.296 e. The first-order valence-electron chi connectivity index (χ1n) is 3.58. The molecule has 1 aliphatic rings. The summed E-state index contributed by atoms with van der Waals surface area (Å²) in [5.74, 6) is 0. The average molecular weight is 220 g/mol.